The van der Waals surface area contributed by atoms with E-state index >= 15 is 0 Å². The van der Waals surface area contributed by atoms with E-state index in [-0.39, 0.29) is 0 Å². The van der Waals surface area contributed by atoms with E-state index in [2.05, 4.69) is 13.8 Å². The molecule has 2 radical (unpaired) electrons. The lowest BCUT2D eigenvalue weighted by molar-refractivity contribution is 0.376. The van der Waals surface area contributed by atoms with Crippen LogP contribution in [0.2, 0.25) is 0 Å². The molecule has 0 rings (SSSR count). The molecule has 21 heavy (non-hydrogen) atoms. The monoisotopic (exact) mass is 294 g/mol. The Hall–Kier alpha value is -0.660. The first-order valence-electron chi connectivity index (χ1n) is 9.03. The van der Waals surface area contributed by atoms with Crippen LogP contribution in [0.5, 0.6) is 0 Å². The third kappa shape index (κ3) is 10.7. The smallest absolute Gasteiger partial charge is 0.213 e. The third-order valence-electron chi connectivity index (χ3n) is 4.30. The molecule has 0 heterocycles. The molecule has 122 valence electrons. The first-order valence-corrected chi connectivity index (χ1v) is 9.03. The molecular weight excluding hydrogens is 260 g/mol. The van der Waals surface area contributed by atoms with Gasteiger partial charge in [0, 0.05) is 0 Å². The average Bonchev–Trinajstić information content (AvgIpc) is 2.52. The van der Waals surface area contributed by atoms with Gasteiger partial charge < -0.3 is 0 Å². The van der Waals surface area contributed by atoms with Crippen molar-refractivity contribution in [1.29, 1.82) is 0 Å². The van der Waals surface area contributed by atoms with Crippen molar-refractivity contribution in [1.82, 2.24) is 0 Å². The normalized spacial score (nSPS) is 11.5. The van der Waals surface area contributed by atoms with Gasteiger partial charge in [-0.2, -0.15) is 0 Å². The summed E-state index contributed by atoms with van der Waals surface area (Å²) >= 11 is 0. The van der Waals surface area contributed by atoms with E-state index in [9.17, 15) is 9.59 Å². The molecule has 0 atom stereocenters. The fourth-order valence-corrected chi connectivity index (χ4v) is 2.76. The lowest BCUT2D eigenvalue weighted by Gasteiger charge is -2.19. The molecule has 0 aliphatic carbocycles. The minimum atomic E-state index is -0.935. The Kier molecular flexibility index (Phi) is 13.8. The maximum Gasteiger partial charge on any atom is 0.213 e. The quantitative estimate of drug-likeness (QED) is 0.270. The Labute approximate surface area is 132 Å². The highest BCUT2D eigenvalue weighted by Gasteiger charge is 2.30. The lowest BCUT2D eigenvalue weighted by atomic mass is 9.80. The molecule has 0 aliphatic heterocycles. The minimum Gasteiger partial charge on any atom is -0.290 e. The van der Waals surface area contributed by atoms with Crippen molar-refractivity contribution in [2.75, 3.05) is 0 Å². The van der Waals surface area contributed by atoms with Gasteiger partial charge in [-0.25, -0.2) is 0 Å². The summed E-state index contributed by atoms with van der Waals surface area (Å²) in [5.74, 6) is 0. The van der Waals surface area contributed by atoms with Crippen LogP contribution < -0.4 is 0 Å². The van der Waals surface area contributed by atoms with E-state index in [4.69, 9.17) is 0 Å². The van der Waals surface area contributed by atoms with Gasteiger partial charge in [-0.3, -0.25) is 9.59 Å². The summed E-state index contributed by atoms with van der Waals surface area (Å²) in [7, 11) is 0. The van der Waals surface area contributed by atoms with E-state index in [1.165, 1.54) is 51.4 Å². The lowest BCUT2D eigenvalue weighted by Crippen LogP contribution is -2.24. The van der Waals surface area contributed by atoms with Gasteiger partial charge in [-0.1, -0.05) is 90.9 Å². The van der Waals surface area contributed by atoms with Crippen molar-refractivity contribution < 1.29 is 9.59 Å². The fourth-order valence-electron chi connectivity index (χ4n) is 2.76. The summed E-state index contributed by atoms with van der Waals surface area (Å²) in [5, 5.41) is 0. The van der Waals surface area contributed by atoms with Crippen molar-refractivity contribution in [2.24, 2.45) is 5.41 Å². The SMILES string of the molecule is CCCCCCCCC([C]=O)([C]=O)CCCCCCCC. The highest BCUT2D eigenvalue weighted by atomic mass is 16.1. The Morgan fingerprint density at radius 2 is 0.905 bits per heavy atom. The van der Waals surface area contributed by atoms with E-state index in [0.717, 1.165) is 25.7 Å². The van der Waals surface area contributed by atoms with Crippen LogP contribution in [0.15, 0.2) is 0 Å². The van der Waals surface area contributed by atoms with Crippen LogP contribution in [0, 0.1) is 5.41 Å². The van der Waals surface area contributed by atoms with Crippen molar-refractivity contribution in [3.8, 4) is 0 Å². The zero-order chi connectivity index (χ0) is 15.8. The molecule has 0 aromatic carbocycles. The number of carbonyl (C=O) groups excluding carboxylic acids is 2. The second kappa shape index (κ2) is 14.3. The number of hydrogen-bond acceptors (Lipinski definition) is 2. The molecule has 0 aliphatic rings. The van der Waals surface area contributed by atoms with E-state index in [0.29, 0.717) is 12.8 Å². The molecule has 0 saturated heterocycles. The standard InChI is InChI=1S/C19H34O2/c1-3-5-7-9-11-13-15-19(17-20,18-21)16-14-12-10-8-6-4-2/h3-16H2,1-2H3. The molecule has 0 aromatic rings. The van der Waals surface area contributed by atoms with Gasteiger partial charge in [-0.15, -0.1) is 0 Å². The summed E-state index contributed by atoms with van der Waals surface area (Å²) in [5.41, 5.74) is -0.935. The van der Waals surface area contributed by atoms with Crippen molar-refractivity contribution in [3.63, 3.8) is 0 Å². The zero-order valence-corrected chi connectivity index (χ0v) is 14.2. The molecule has 0 bridgehead atoms. The Morgan fingerprint density at radius 1 is 0.571 bits per heavy atom. The molecular formula is C19H34O2. The molecule has 0 spiro atoms. The van der Waals surface area contributed by atoms with Gasteiger partial charge >= 0.3 is 0 Å². The minimum absolute atomic E-state index is 0.640. The van der Waals surface area contributed by atoms with Crippen LogP contribution in [0.1, 0.15) is 104 Å². The maximum atomic E-state index is 11.2. The third-order valence-corrected chi connectivity index (χ3v) is 4.30. The van der Waals surface area contributed by atoms with Crippen molar-refractivity contribution in [3.05, 3.63) is 0 Å². The summed E-state index contributed by atoms with van der Waals surface area (Å²) in [6, 6.07) is 0. The first-order chi connectivity index (χ1) is 10.2. The van der Waals surface area contributed by atoms with Crippen molar-refractivity contribution >= 4 is 12.6 Å². The number of rotatable bonds is 16. The predicted octanol–water partition coefficient (Wildman–Crippen LogP) is 5.69. The van der Waals surface area contributed by atoms with Crippen LogP contribution in [-0.2, 0) is 9.59 Å². The second-order valence-electron chi connectivity index (χ2n) is 6.32. The van der Waals surface area contributed by atoms with Gasteiger partial charge in [0.05, 0.1) is 0 Å². The highest BCUT2D eigenvalue weighted by molar-refractivity contribution is 5.84. The molecule has 0 saturated carbocycles. The molecule has 2 heteroatoms. The average molecular weight is 294 g/mol. The summed E-state index contributed by atoms with van der Waals surface area (Å²) < 4.78 is 0. The predicted molar refractivity (Wildman–Crippen MR) is 89.8 cm³/mol. The first kappa shape index (κ1) is 20.3. The summed E-state index contributed by atoms with van der Waals surface area (Å²) in [6.07, 6.45) is 19.4. The van der Waals surface area contributed by atoms with Gasteiger partial charge in [0.25, 0.3) is 0 Å². The molecule has 2 nitrogen and oxygen atoms in total. The molecule has 0 aromatic heterocycles. The van der Waals surface area contributed by atoms with Gasteiger partial charge in [0.15, 0.2) is 0 Å². The Bertz CT molecular complexity index is 222. The fraction of sp³-hybridized carbons (Fsp3) is 0.895. The van der Waals surface area contributed by atoms with Crippen LogP contribution >= 0.6 is 0 Å². The van der Waals surface area contributed by atoms with Crippen LogP contribution in [0.4, 0.5) is 0 Å². The molecule has 0 fully saturated rings. The molecule has 0 unspecified atom stereocenters. The van der Waals surface area contributed by atoms with Gasteiger partial charge in [0.2, 0.25) is 12.6 Å². The van der Waals surface area contributed by atoms with E-state index < -0.39 is 5.41 Å². The Morgan fingerprint density at radius 3 is 1.24 bits per heavy atom. The second-order valence-corrected chi connectivity index (χ2v) is 6.32. The van der Waals surface area contributed by atoms with Crippen LogP contribution in [0.3, 0.4) is 0 Å². The van der Waals surface area contributed by atoms with Gasteiger partial charge in [0.1, 0.15) is 5.41 Å². The largest absolute Gasteiger partial charge is 0.290 e. The van der Waals surface area contributed by atoms with Crippen LogP contribution in [0.25, 0.3) is 0 Å². The highest BCUT2D eigenvalue weighted by Crippen LogP contribution is 2.28. The summed E-state index contributed by atoms with van der Waals surface area (Å²) in [6.45, 7) is 4.41. The number of unbranched alkanes of at least 4 members (excludes halogenated alkanes) is 10. The van der Waals surface area contributed by atoms with Gasteiger partial charge in [-0.05, 0) is 12.8 Å². The Balaban J connectivity index is 3.84. The number of hydrogen-bond donors (Lipinski definition) is 0. The molecule has 0 amide bonds. The van der Waals surface area contributed by atoms with E-state index in [1.807, 2.05) is 12.6 Å². The topological polar surface area (TPSA) is 34.1 Å². The summed E-state index contributed by atoms with van der Waals surface area (Å²) in [4.78, 5) is 22.4. The maximum absolute atomic E-state index is 11.2. The molecule has 0 N–H and O–H groups in total. The van der Waals surface area contributed by atoms with E-state index in [1.54, 1.807) is 0 Å². The van der Waals surface area contributed by atoms with Crippen molar-refractivity contribution in [2.45, 2.75) is 104 Å². The van der Waals surface area contributed by atoms with Crippen LogP contribution in [-0.4, -0.2) is 12.6 Å². The zero-order valence-electron chi connectivity index (χ0n) is 14.2.